The van der Waals surface area contributed by atoms with E-state index in [9.17, 15) is 13.2 Å². The minimum Gasteiger partial charge on any atom is -0.490 e. The number of benzene rings is 5. The molecule has 0 atom stereocenters. The van der Waals surface area contributed by atoms with Gasteiger partial charge in [0.2, 0.25) is 0 Å². The van der Waals surface area contributed by atoms with Crippen LogP contribution in [0.5, 0.6) is 11.5 Å². The van der Waals surface area contributed by atoms with Gasteiger partial charge in [-0.05, 0) is 66.1 Å². The smallest absolute Gasteiger partial charge is 0.273 e. The van der Waals surface area contributed by atoms with Crippen LogP contribution in [0.1, 0.15) is 34.0 Å². The second-order valence-electron chi connectivity index (χ2n) is 9.94. The van der Waals surface area contributed by atoms with Crippen molar-refractivity contribution in [3.05, 3.63) is 156 Å². The van der Waals surface area contributed by atoms with E-state index < -0.39 is 15.9 Å². The van der Waals surface area contributed by atoms with E-state index >= 15 is 0 Å². The SMILES string of the molecule is CCOc1cc(/C=N\NC(=O)c2ccccc2N(Cc2ccccc2)S(=O)(=O)c2ccccc2)ccc1OCc1ccccc1. The Labute approximate surface area is 263 Å². The lowest BCUT2D eigenvalue weighted by Crippen LogP contribution is -2.33. The summed E-state index contributed by atoms with van der Waals surface area (Å²) in [7, 11) is -4.02. The van der Waals surface area contributed by atoms with Gasteiger partial charge in [0.05, 0.1) is 35.5 Å². The quantitative estimate of drug-likeness (QED) is 0.115. The standard InChI is InChI=1S/C36H33N3O5S/c1-2-43-35-24-30(22-23-34(35)44-27-29-16-8-4-9-17-29)25-37-38-36(40)32-20-12-13-21-33(32)39(26-28-14-6-3-7-15-28)45(41,42)31-18-10-5-11-19-31/h3-25H,2,26-27H2,1H3,(H,38,40)/b37-25-. The van der Waals surface area contributed by atoms with Crippen LogP contribution in [0, 0.1) is 0 Å². The van der Waals surface area contributed by atoms with Gasteiger partial charge in [-0.3, -0.25) is 9.10 Å². The summed E-state index contributed by atoms with van der Waals surface area (Å²) in [5.41, 5.74) is 5.42. The molecule has 8 nitrogen and oxygen atoms in total. The first-order valence-corrected chi connectivity index (χ1v) is 15.9. The van der Waals surface area contributed by atoms with Crippen LogP contribution in [0.3, 0.4) is 0 Å². The van der Waals surface area contributed by atoms with Gasteiger partial charge in [-0.15, -0.1) is 0 Å². The third-order valence-corrected chi connectivity index (χ3v) is 8.58. The average molecular weight is 620 g/mol. The van der Waals surface area contributed by atoms with E-state index in [0.717, 1.165) is 11.1 Å². The van der Waals surface area contributed by atoms with E-state index in [1.165, 1.54) is 22.7 Å². The van der Waals surface area contributed by atoms with Crippen molar-refractivity contribution in [1.82, 2.24) is 5.43 Å². The normalized spacial score (nSPS) is 11.2. The molecule has 1 amide bonds. The van der Waals surface area contributed by atoms with E-state index in [-0.39, 0.29) is 22.7 Å². The Morgan fingerprint density at radius 3 is 2.07 bits per heavy atom. The molecule has 45 heavy (non-hydrogen) atoms. The minimum atomic E-state index is -4.02. The molecule has 0 fully saturated rings. The molecule has 9 heteroatoms. The molecule has 0 bridgehead atoms. The molecule has 0 spiro atoms. The Bertz CT molecular complexity index is 1850. The van der Waals surface area contributed by atoms with E-state index in [1.54, 1.807) is 60.7 Å². The molecule has 228 valence electrons. The highest BCUT2D eigenvalue weighted by atomic mass is 32.2. The lowest BCUT2D eigenvalue weighted by Gasteiger charge is -2.26. The zero-order valence-corrected chi connectivity index (χ0v) is 25.6. The zero-order valence-electron chi connectivity index (χ0n) is 24.7. The molecule has 1 N–H and O–H groups in total. The first-order valence-electron chi connectivity index (χ1n) is 14.4. The lowest BCUT2D eigenvalue weighted by atomic mass is 10.1. The van der Waals surface area contributed by atoms with Crippen molar-refractivity contribution in [3.8, 4) is 11.5 Å². The Morgan fingerprint density at radius 1 is 0.756 bits per heavy atom. The van der Waals surface area contributed by atoms with Crippen molar-refractivity contribution in [2.24, 2.45) is 5.10 Å². The molecule has 5 aromatic carbocycles. The van der Waals surface area contributed by atoms with Crippen LogP contribution in [-0.2, 0) is 23.2 Å². The number of amides is 1. The highest BCUT2D eigenvalue weighted by Crippen LogP contribution is 2.30. The maximum atomic E-state index is 13.9. The van der Waals surface area contributed by atoms with Crippen molar-refractivity contribution in [2.75, 3.05) is 10.9 Å². The second-order valence-corrected chi connectivity index (χ2v) is 11.8. The van der Waals surface area contributed by atoms with Crippen LogP contribution in [-0.4, -0.2) is 27.1 Å². The molecular formula is C36H33N3O5S. The van der Waals surface area contributed by atoms with Crippen molar-refractivity contribution in [3.63, 3.8) is 0 Å². The topological polar surface area (TPSA) is 97.3 Å². The van der Waals surface area contributed by atoms with Gasteiger partial charge in [0, 0.05) is 0 Å². The number of rotatable bonds is 13. The molecule has 0 saturated carbocycles. The van der Waals surface area contributed by atoms with Crippen LogP contribution in [0.25, 0.3) is 0 Å². The average Bonchev–Trinajstić information content (AvgIpc) is 3.08. The molecule has 5 aromatic rings. The summed E-state index contributed by atoms with van der Waals surface area (Å²) in [6.07, 6.45) is 1.49. The zero-order chi connectivity index (χ0) is 31.5. The third-order valence-electron chi connectivity index (χ3n) is 6.80. The van der Waals surface area contributed by atoms with Crippen LogP contribution < -0.4 is 19.2 Å². The fourth-order valence-corrected chi connectivity index (χ4v) is 6.10. The summed E-state index contributed by atoms with van der Waals surface area (Å²) < 4.78 is 40.8. The van der Waals surface area contributed by atoms with Crippen molar-refractivity contribution in [2.45, 2.75) is 25.0 Å². The summed E-state index contributed by atoms with van der Waals surface area (Å²) >= 11 is 0. The number of carbonyl (C=O) groups excluding carboxylic acids is 1. The van der Waals surface area contributed by atoms with Crippen LogP contribution in [0.2, 0.25) is 0 Å². The van der Waals surface area contributed by atoms with Gasteiger partial charge in [-0.2, -0.15) is 5.10 Å². The Morgan fingerprint density at radius 2 is 1.38 bits per heavy atom. The third kappa shape index (κ3) is 7.95. The van der Waals surface area contributed by atoms with Crippen LogP contribution in [0.15, 0.2) is 143 Å². The molecule has 0 heterocycles. The molecule has 0 aromatic heterocycles. The summed E-state index contributed by atoms with van der Waals surface area (Å²) in [5, 5.41) is 4.16. The number of nitrogens with zero attached hydrogens (tertiary/aromatic N) is 2. The Hall–Kier alpha value is -5.41. The maximum absolute atomic E-state index is 13.9. The molecule has 0 unspecified atom stereocenters. The number of ether oxygens (including phenoxy) is 2. The number of para-hydroxylation sites is 1. The van der Waals surface area contributed by atoms with E-state index in [2.05, 4.69) is 10.5 Å². The van der Waals surface area contributed by atoms with Gasteiger partial charge in [0.1, 0.15) is 6.61 Å². The number of nitrogens with one attached hydrogen (secondary N) is 1. The molecule has 0 radical (unpaired) electrons. The predicted octanol–water partition coefficient (Wildman–Crippen LogP) is 6.82. The fraction of sp³-hybridized carbons (Fsp3) is 0.111. The van der Waals surface area contributed by atoms with E-state index in [1.807, 2.05) is 67.6 Å². The number of sulfonamides is 1. The van der Waals surface area contributed by atoms with Gasteiger partial charge in [-0.1, -0.05) is 91.0 Å². The molecular weight excluding hydrogens is 586 g/mol. The van der Waals surface area contributed by atoms with Gasteiger partial charge in [0.15, 0.2) is 11.5 Å². The molecule has 0 aliphatic rings. The summed E-state index contributed by atoms with van der Waals surface area (Å²) in [6, 6.07) is 39.2. The second kappa shape index (κ2) is 14.9. The Kier molecular flexibility index (Phi) is 10.2. The minimum absolute atomic E-state index is 0.0323. The molecule has 0 aliphatic heterocycles. The number of anilines is 1. The largest absolute Gasteiger partial charge is 0.490 e. The number of carbonyl (C=O) groups is 1. The number of hydrogen-bond acceptors (Lipinski definition) is 6. The molecule has 5 rings (SSSR count). The van der Waals surface area contributed by atoms with Crippen molar-refractivity contribution >= 4 is 27.8 Å². The van der Waals surface area contributed by atoms with Gasteiger partial charge >= 0.3 is 0 Å². The molecule has 0 saturated heterocycles. The summed E-state index contributed by atoms with van der Waals surface area (Å²) in [6.45, 7) is 2.76. The highest BCUT2D eigenvalue weighted by molar-refractivity contribution is 7.92. The summed E-state index contributed by atoms with van der Waals surface area (Å²) in [5.74, 6) is 0.585. The van der Waals surface area contributed by atoms with Crippen molar-refractivity contribution < 1.29 is 22.7 Å². The van der Waals surface area contributed by atoms with Gasteiger partial charge in [-0.25, -0.2) is 13.8 Å². The maximum Gasteiger partial charge on any atom is 0.273 e. The number of hydrazone groups is 1. The molecule has 0 aliphatic carbocycles. The van der Waals surface area contributed by atoms with Crippen molar-refractivity contribution in [1.29, 1.82) is 0 Å². The Balaban J connectivity index is 1.37. The highest BCUT2D eigenvalue weighted by Gasteiger charge is 2.28. The summed E-state index contributed by atoms with van der Waals surface area (Å²) in [4.78, 5) is 13.5. The van der Waals surface area contributed by atoms with E-state index in [0.29, 0.717) is 30.3 Å². The van der Waals surface area contributed by atoms with Crippen LogP contribution >= 0.6 is 0 Å². The first kappa shape index (κ1) is 31.0. The predicted molar refractivity (Wildman–Crippen MR) is 176 cm³/mol. The lowest BCUT2D eigenvalue weighted by molar-refractivity contribution is 0.0955. The number of hydrogen-bond donors (Lipinski definition) is 1. The van der Waals surface area contributed by atoms with Crippen LogP contribution in [0.4, 0.5) is 5.69 Å². The monoisotopic (exact) mass is 619 g/mol. The fourth-order valence-electron chi connectivity index (χ4n) is 4.61. The van der Waals surface area contributed by atoms with Gasteiger partial charge in [0.25, 0.3) is 15.9 Å². The first-order chi connectivity index (χ1) is 22.0. The van der Waals surface area contributed by atoms with E-state index in [4.69, 9.17) is 9.47 Å². The van der Waals surface area contributed by atoms with Gasteiger partial charge < -0.3 is 9.47 Å².